The van der Waals surface area contributed by atoms with E-state index < -0.39 is 26.5 Å². The molecule has 0 bridgehead atoms. The maximum atomic E-state index is 12.1. The Bertz CT molecular complexity index is 1280. The highest BCUT2D eigenvalue weighted by Gasteiger charge is 2.23. The first-order valence-electron chi connectivity index (χ1n) is 22.7. The molecule has 0 fully saturated rings. The third kappa shape index (κ3) is 45.9. The van der Waals surface area contributed by atoms with Gasteiger partial charge in [0.2, 0.25) is 5.91 Å². The molecular weight excluding hydrogens is 762 g/mol. The molecule has 0 rings (SSSR count). The van der Waals surface area contributed by atoms with Gasteiger partial charge in [0.15, 0.2) is 0 Å². The van der Waals surface area contributed by atoms with Gasteiger partial charge in [-0.25, -0.2) is 4.57 Å². The van der Waals surface area contributed by atoms with Crippen molar-refractivity contribution < 1.29 is 37.9 Å². The van der Waals surface area contributed by atoms with Crippen molar-refractivity contribution in [1.82, 2.24) is 5.32 Å². The fraction of sp³-hybridized carbons (Fsp3) is 0.633. The fourth-order valence-electron chi connectivity index (χ4n) is 5.60. The van der Waals surface area contributed by atoms with Crippen LogP contribution >= 0.6 is 7.82 Å². The van der Waals surface area contributed by atoms with Gasteiger partial charge in [-0.05, 0) is 89.9 Å². The van der Waals surface area contributed by atoms with Gasteiger partial charge < -0.3 is 20.1 Å². The summed E-state index contributed by atoms with van der Waals surface area (Å²) in [7, 11) is -4.44. The first kappa shape index (κ1) is 55.9. The molecule has 0 heterocycles. The van der Waals surface area contributed by atoms with Crippen LogP contribution in [0.2, 0.25) is 0 Å². The summed E-state index contributed by atoms with van der Waals surface area (Å²) in [5.41, 5.74) is 0. The Hall–Kier alpha value is -3.07. The van der Waals surface area contributed by atoms with E-state index in [1.807, 2.05) is 6.08 Å². The van der Waals surface area contributed by atoms with E-state index in [-0.39, 0.29) is 32.1 Å². The predicted molar refractivity (Wildman–Crippen MR) is 247 cm³/mol. The number of nitrogens with one attached hydrogen (secondary N) is 1. The number of hydrogen-bond donors (Lipinski definition) is 3. The third-order valence-corrected chi connectivity index (χ3v) is 9.98. The number of carbonyl (C=O) groups is 2. The molecule has 10 heteroatoms. The number of allylic oxidation sites excluding steroid dienone is 16. The maximum Gasteiger partial charge on any atom is 0.472 e. The SMILES string of the molecule is CC/C=C\C/C=C\C/C=C\C/C=C\C/C=C\CCCC(=O)OCC(O)COP(=O)(O)OCCNC(=O)CCCCCCCCCC/C=C\C/C=C\C/C=C\CCCCC. The fourth-order valence-corrected chi connectivity index (χ4v) is 6.35. The molecule has 0 aliphatic rings. The van der Waals surface area contributed by atoms with Crippen LogP contribution in [-0.2, 0) is 27.9 Å². The molecule has 336 valence electrons. The molecule has 0 aromatic carbocycles. The lowest BCUT2D eigenvalue weighted by atomic mass is 10.1. The molecule has 2 unspecified atom stereocenters. The van der Waals surface area contributed by atoms with E-state index >= 15 is 0 Å². The lowest BCUT2D eigenvalue weighted by Gasteiger charge is -2.15. The minimum Gasteiger partial charge on any atom is -0.463 e. The molecule has 1 amide bonds. The van der Waals surface area contributed by atoms with E-state index in [4.69, 9.17) is 13.8 Å². The van der Waals surface area contributed by atoms with Crippen LogP contribution in [0.15, 0.2) is 97.2 Å². The largest absolute Gasteiger partial charge is 0.472 e. The van der Waals surface area contributed by atoms with Gasteiger partial charge in [-0.1, -0.05) is 162 Å². The van der Waals surface area contributed by atoms with Gasteiger partial charge in [0.25, 0.3) is 0 Å². The zero-order valence-electron chi connectivity index (χ0n) is 36.9. The first-order valence-corrected chi connectivity index (χ1v) is 24.2. The van der Waals surface area contributed by atoms with E-state index in [9.17, 15) is 24.2 Å². The smallest absolute Gasteiger partial charge is 0.463 e. The second kappa shape index (κ2) is 44.5. The van der Waals surface area contributed by atoms with Crippen molar-refractivity contribution in [3.63, 3.8) is 0 Å². The normalized spacial score (nSPS) is 14.2. The van der Waals surface area contributed by atoms with E-state index in [1.54, 1.807) is 0 Å². The zero-order valence-corrected chi connectivity index (χ0v) is 37.8. The van der Waals surface area contributed by atoms with Gasteiger partial charge in [-0.3, -0.25) is 18.6 Å². The first-order chi connectivity index (χ1) is 28.8. The number of hydrogen-bond acceptors (Lipinski definition) is 7. The summed E-state index contributed by atoms with van der Waals surface area (Å²) in [5, 5.41) is 12.7. The topological polar surface area (TPSA) is 131 Å². The zero-order chi connectivity index (χ0) is 43.2. The number of carbonyl (C=O) groups excluding carboxylic acids is 2. The quantitative estimate of drug-likeness (QED) is 0.0240. The molecule has 0 radical (unpaired) electrons. The molecule has 0 aliphatic carbocycles. The molecule has 0 aromatic rings. The number of aliphatic hydroxyl groups excluding tert-OH is 1. The number of unbranched alkanes of at least 4 members (excludes halogenated alkanes) is 12. The van der Waals surface area contributed by atoms with Crippen LogP contribution in [0, 0.1) is 0 Å². The Morgan fingerprint density at radius 3 is 1.49 bits per heavy atom. The van der Waals surface area contributed by atoms with Crippen molar-refractivity contribution in [3.05, 3.63) is 97.2 Å². The Morgan fingerprint density at radius 1 is 0.542 bits per heavy atom. The highest BCUT2D eigenvalue weighted by atomic mass is 31.2. The van der Waals surface area contributed by atoms with Crippen molar-refractivity contribution in [2.75, 3.05) is 26.4 Å². The lowest BCUT2D eigenvalue weighted by Crippen LogP contribution is -2.27. The Morgan fingerprint density at radius 2 is 0.983 bits per heavy atom. The van der Waals surface area contributed by atoms with Crippen LogP contribution in [0.4, 0.5) is 0 Å². The number of phosphoric ester groups is 1. The average Bonchev–Trinajstić information content (AvgIpc) is 3.22. The van der Waals surface area contributed by atoms with Crippen LogP contribution in [0.1, 0.15) is 168 Å². The van der Waals surface area contributed by atoms with Crippen molar-refractivity contribution in [3.8, 4) is 0 Å². The summed E-state index contributed by atoms with van der Waals surface area (Å²) in [5.74, 6) is -0.591. The van der Waals surface area contributed by atoms with Crippen molar-refractivity contribution in [2.24, 2.45) is 0 Å². The van der Waals surface area contributed by atoms with Gasteiger partial charge >= 0.3 is 13.8 Å². The molecule has 2 atom stereocenters. The van der Waals surface area contributed by atoms with Gasteiger partial charge in [-0.2, -0.15) is 0 Å². The third-order valence-electron chi connectivity index (χ3n) is 9.00. The number of esters is 1. The summed E-state index contributed by atoms with van der Waals surface area (Å²) < 4.78 is 26.8. The molecule has 0 saturated heterocycles. The van der Waals surface area contributed by atoms with Gasteiger partial charge in [-0.15, -0.1) is 0 Å². The minimum absolute atomic E-state index is 0.0648. The van der Waals surface area contributed by atoms with Crippen molar-refractivity contribution >= 4 is 19.7 Å². The number of amides is 1. The molecule has 0 aromatic heterocycles. The second-order valence-corrected chi connectivity index (χ2v) is 16.1. The molecule has 0 aliphatic heterocycles. The van der Waals surface area contributed by atoms with E-state index in [1.165, 1.54) is 57.8 Å². The Labute approximate surface area is 359 Å². The van der Waals surface area contributed by atoms with Crippen LogP contribution in [0.25, 0.3) is 0 Å². The van der Waals surface area contributed by atoms with Gasteiger partial charge in [0.1, 0.15) is 12.7 Å². The van der Waals surface area contributed by atoms with Crippen LogP contribution in [0.3, 0.4) is 0 Å². The molecule has 59 heavy (non-hydrogen) atoms. The summed E-state index contributed by atoms with van der Waals surface area (Å²) in [6.07, 6.45) is 57.7. The highest BCUT2D eigenvalue weighted by molar-refractivity contribution is 7.47. The molecule has 0 spiro atoms. The number of aliphatic hydroxyl groups is 1. The number of phosphoric acid groups is 1. The van der Waals surface area contributed by atoms with E-state index in [2.05, 4.69) is 110 Å². The maximum absolute atomic E-state index is 12.1. The molecule has 3 N–H and O–H groups in total. The standard InChI is InChI=1S/C49H82NO8P/c1-3-5-7-9-11-13-15-17-19-21-22-23-24-26-27-29-31-33-35-37-39-41-48(52)50-43-44-57-59(54,55)58-46-47(51)45-56-49(53)42-40-38-36-34-32-30-28-25-20-18-16-14-12-10-8-6-4-2/h6,8,11-14,17-20,22-23,28,30,34,36,47,51H,3-5,7,9-10,15-16,21,24-27,29,31-33,35,37-46H2,1-2H3,(H,50,52)(H,54,55)/b8-6-,13-11-,14-12-,19-17-,20-18-,23-22-,30-28-,36-34-. The number of rotatable bonds is 41. The predicted octanol–water partition coefficient (Wildman–Crippen LogP) is 13.0. The summed E-state index contributed by atoms with van der Waals surface area (Å²) >= 11 is 0. The Kier molecular flexibility index (Phi) is 42.2. The Balaban J connectivity index is 3.69. The lowest BCUT2D eigenvalue weighted by molar-refractivity contribution is -0.147. The second-order valence-electron chi connectivity index (χ2n) is 14.6. The molecule has 0 saturated carbocycles. The summed E-state index contributed by atoms with van der Waals surface area (Å²) in [6, 6.07) is 0. The van der Waals surface area contributed by atoms with E-state index in [0.29, 0.717) is 12.8 Å². The summed E-state index contributed by atoms with van der Waals surface area (Å²) in [4.78, 5) is 33.9. The van der Waals surface area contributed by atoms with Crippen molar-refractivity contribution in [1.29, 1.82) is 0 Å². The van der Waals surface area contributed by atoms with Crippen LogP contribution < -0.4 is 5.32 Å². The monoisotopic (exact) mass is 844 g/mol. The number of ether oxygens (including phenoxy) is 1. The van der Waals surface area contributed by atoms with Gasteiger partial charge in [0, 0.05) is 19.4 Å². The van der Waals surface area contributed by atoms with Gasteiger partial charge in [0.05, 0.1) is 13.2 Å². The van der Waals surface area contributed by atoms with E-state index in [0.717, 1.165) is 77.0 Å². The molecular formula is C49H82NO8P. The minimum atomic E-state index is -4.44. The van der Waals surface area contributed by atoms with Crippen LogP contribution in [0.5, 0.6) is 0 Å². The van der Waals surface area contributed by atoms with Crippen LogP contribution in [-0.4, -0.2) is 54.3 Å². The highest BCUT2D eigenvalue weighted by Crippen LogP contribution is 2.42. The summed E-state index contributed by atoms with van der Waals surface area (Å²) in [6.45, 7) is 3.32. The average molecular weight is 844 g/mol. The van der Waals surface area contributed by atoms with Crippen molar-refractivity contribution in [2.45, 2.75) is 174 Å². The molecule has 9 nitrogen and oxygen atoms in total.